The number of rotatable bonds is 37. The minimum Gasteiger partial charge on any atom is -0.234 e. The highest BCUT2D eigenvalue weighted by molar-refractivity contribution is 4.84. The van der Waals surface area contributed by atoms with Crippen molar-refractivity contribution in [2.24, 2.45) is 0 Å². The summed E-state index contributed by atoms with van der Waals surface area (Å²) < 4.78 is 5.28. The topological polar surface area (TPSA) is 8.81 Å². The summed E-state index contributed by atoms with van der Waals surface area (Å²) in [5, 5.41) is 0. The number of imidazole rings is 1. The van der Waals surface area contributed by atoms with Gasteiger partial charge < -0.3 is 0 Å². The minimum absolute atomic E-state index is 1.23. The van der Waals surface area contributed by atoms with Crippen molar-refractivity contribution in [2.75, 3.05) is 0 Å². The lowest BCUT2D eigenvalue weighted by Crippen LogP contribution is -2.37. The van der Waals surface area contributed by atoms with Crippen LogP contribution in [0.1, 0.15) is 245 Å². The maximum Gasteiger partial charge on any atom is 0.256 e. The Morgan fingerprint density at radius 1 is 0.378 bits per heavy atom. The molecule has 0 atom stereocenters. The molecule has 0 aliphatic rings. The van der Waals surface area contributed by atoms with Crippen molar-refractivity contribution < 1.29 is 4.57 Å². The molecule has 2 nitrogen and oxygen atoms in total. The number of hydrogen-bond acceptors (Lipinski definition) is 0. The molecule has 0 aromatic carbocycles. The van der Waals surface area contributed by atoms with Gasteiger partial charge in [0.05, 0.1) is 13.1 Å². The van der Waals surface area contributed by atoms with Gasteiger partial charge in [-0.2, -0.15) is 0 Å². The van der Waals surface area contributed by atoms with Gasteiger partial charge in [0, 0.05) is 6.42 Å². The van der Waals surface area contributed by atoms with Gasteiger partial charge in [0.2, 0.25) is 0 Å². The third kappa shape index (κ3) is 26.9. The van der Waals surface area contributed by atoms with Crippen molar-refractivity contribution in [1.29, 1.82) is 0 Å². The van der Waals surface area contributed by atoms with Crippen LogP contribution < -0.4 is 4.57 Å². The first-order valence-electron chi connectivity index (χ1n) is 21.4. The molecule has 0 bridgehead atoms. The van der Waals surface area contributed by atoms with Gasteiger partial charge >= 0.3 is 0 Å². The van der Waals surface area contributed by atoms with Gasteiger partial charge in [0.25, 0.3) is 5.82 Å². The normalized spacial score (nSPS) is 11.6. The fraction of sp³-hybridized carbons (Fsp3) is 0.930. The standard InChI is InChI=1S/C43H85N2/c1-4-7-10-13-16-19-21-23-25-27-29-32-35-38-43-44(39-36-33-30-18-15-12-9-6-3)41-42-45(43)40-37-34-31-28-26-24-22-20-17-14-11-8-5-2/h41-42H,4-40H2,1-3H3/q+1. The van der Waals surface area contributed by atoms with Crippen molar-refractivity contribution in [3.8, 4) is 0 Å². The minimum atomic E-state index is 1.23. The molecule has 1 heterocycles. The van der Waals surface area contributed by atoms with Crippen molar-refractivity contribution >= 4 is 0 Å². The third-order valence-electron chi connectivity index (χ3n) is 10.3. The van der Waals surface area contributed by atoms with Crippen LogP contribution in [0.2, 0.25) is 0 Å². The monoisotopic (exact) mass is 630 g/mol. The van der Waals surface area contributed by atoms with Crippen molar-refractivity contribution in [3.05, 3.63) is 18.2 Å². The van der Waals surface area contributed by atoms with E-state index in [-0.39, 0.29) is 0 Å². The largest absolute Gasteiger partial charge is 0.256 e. The first kappa shape index (κ1) is 42.2. The van der Waals surface area contributed by atoms with E-state index in [1.165, 1.54) is 238 Å². The highest BCUT2D eigenvalue weighted by Gasteiger charge is 2.16. The van der Waals surface area contributed by atoms with Crippen LogP contribution in [0.3, 0.4) is 0 Å². The molecule has 0 spiro atoms. The summed E-state index contributed by atoms with van der Waals surface area (Å²) in [4.78, 5) is 0. The zero-order valence-electron chi connectivity index (χ0n) is 31.7. The van der Waals surface area contributed by atoms with Crippen LogP contribution in [0.4, 0.5) is 0 Å². The van der Waals surface area contributed by atoms with Crippen molar-refractivity contribution in [3.63, 3.8) is 0 Å². The maximum absolute atomic E-state index is 2.64. The Bertz CT molecular complexity index is 692. The lowest BCUT2D eigenvalue weighted by Gasteiger charge is -2.07. The molecular formula is C43H85N2+. The van der Waals surface area contributed by atoms with E-state index in [4.69, 9.17) is 0 Å². The van der Waals surface area contributed by atoms with E-state index in [2.05, 4.69) is 42.3 Å². The number of aromatic nitrogens is 2. The Balaban J connectivity index is 2.27. The third-order valence-corrected chi connectivity index (χ3v) is 10.3. The molecule has 1 rings (SSSR count). The van der Waals surface area contributed by atoms with Gasteiger partial charge in [-0.3, -0.25) is 0 Å². The molecule has 266 valence electrons. The van der Waals surface area contributed by atoms with E-state index in [1.807, 2.05) is 0 Å². The van der Waals surface area contributed by atoms with E-state index < -0.39 is 0 Å². The molecule has 0 fully saturated rings. The summed E-state index contributed by atoms with van der Waals surface area (Å²) in [7, 11) is 0. The second-order valence-electron chi connectivity index (χ2n) is 14.8. The van der Waals surface area contributed by atoms with E-state index >= 15 is 0 Å². The maximum atomic E-state index is 2.64. The lowest BCUT2D eigenvalue weighted by atomic mass is 10.0. The summed E-state index contributed by atoms with van der Waals surface area (Å²) in [6.07, 6.45) is 54.9. The molecule has 1 aromatic rings. The second kappa shape index (κ2) is 34.5. The highest BCUT2D eigenvalue weighted by Crippen LogP contribution is 2.16. The van der Waals surface area contributed by atoms with Crippen LogP contribution in [0, 0.1) is 0 Å². The Morgan fingerprint density at radius 3 is 1.07 bits per heavy atom. The van der Waals surface area contributed by atoms with Crippen LogP contribution in [0.25, 0.3) is 0 Å². The molecule has 0 saturated carbocycles. The molecule has 0 aliphatic carbocycles. The molecule has 0 saturated heterocycles. The Hall–Kier alpha value is -0.790. The molecule has 0 radical (unpaired) electrons. The molecule has 45 heavy (non-hydrogen) atoms. The van der Waals surface area contributed by atoms with Gasteiger partial charge in [-0.25, -0.2) is 9.13 Å². The SMILES string of the molecule is CCCCCCCCCCCCCCCc1n(CCCCCCCCCC)cc[n+]1CCCCCCCCCCCCCCC. The van der Waals surface area contributed by atoms with E-state index in [1.54, 1.807) is 5.82 Å². The van der Waals surface area contributed by atoms with E-state index in [0.29, 0.717) is 0 Å². The fourth-order valence-corrected chi connectivity index (χ4v) is 7.21. The average molecular weight is 630 g/mol. The first-order valence-corrected chi connectivity index (χ1v) is 21.4. The number of unbranched alkanes of at least 4 members (excludes halogenated alkanes) is 31. The smallest absolute Gasteiger partial charge is 0.234 e. The first-order chi connectivity index (χ1) is 22.3. The van der Waals surface area contributed by atoms with Gasteiger partial charge in [0.15, 0.2) is 0 Å². The van der Waals surface area contributed by atoms with Crippen LogP contribution in [-0.4, -0.2) is 4.57 Å². The van der Waals surface area contributed by atoms with Crippen LogP contribution in [0.15, 0.2) is 12.4 Å². The van der Waals surface area contributed by atoms with Gasteiger partial charge in [-0.05, 0) is 32.1 Å². The van der Waals surface area contributed by atoms with Gasteiger partial charge in [-0.1, -0.05) is 207 Å². The molecule has 0 N–H and O–H groups in total. The molecule has 0 unspecified atom stereocenters. The Kier molecular flexibility index (Phi) is 32.4. The number of aryl methyl sites for hydroxylation is 2. The summed E-state index contributed by atoms with van der Waals surface area (Å²) in [6, 6.07) is 0. The molecule has 0 aliphatic heterocycles. The molecule has 1 aromatic heterocycles. The quantitative estimate of drug-likeness (QED) is 0.0511. The molecule has 0 amide bonds. The van der Waals surface area contributed by atoms with E-state index in [0.717, 1.165) is 0 Å². The predicted octanol–water partition coefficient (Wildman–Crippen LogP) is 14.6. The van der Waals surface area contributed by atoms with Crippen LogP contribution in [0.5, 0.6) is 0 Å². The zero-order chi connectivity index (χ0) is 32.3. The summed E-state index contributed by atoms with van der Waals surface area (Å²) in [5.74, 6) is 1.62. The Labute approximate surface area is 285 Å². The number of hydrogen-bond donors (Lipinski definition) is 0. The van der Waals surface area contributed by atoms with Crippen molar-refractivity contribution in [1.82, 2.24) is 4.57 Å². The average Bonchev–Trinajstić information content (AvgIpc) is 3.43. The van der Waals surface area contributed by atoms with Gasteiger partial charge in [-0.15, -0.1) is 0 Å². The second-order valence-corrected chi connectivity index (χ2v) is 14.8. The lowest BCUT2D eigenvalue weighted by molar-refractivity contribution is -0.704. The summed E-state index contributed by atoms with van der Waals surface area (Å²) >= 11 is 0. The van der Waals surface area contributed by atoms with Crippen LogP contribution in [-0.2, 0) is 19.5 Å². The summed E-state index contributed by atoms with van der Waals surface area (Å²) in [5.41, 5.74) is 0. The fourth-order valence-electron chi connectivity index (χ4n) is 7.21. The summed E-state index contributed by atoms with van der Waals surface area (Å²) in [6.45, 7) is 9.41. The zero-order valence-corrected chi connectivity index (χ0v) is 31.7. The molecule has 2 heteroatoms. The Morgan fingerprint density at radius 2 is 0.689 bits per heavy atom. The van der Waals surface area contributed by atoms with E-state index in [9.17, 15) is 0 Å². The molecular weight excluding hydrogens is 544 g/mol. The number of nitrogens with zero attached hydrogens (tertiary/aromatic N) is 2. The predicted molar refractivity (Wildman–Crippen MR) is 202 cm³/mol. The highest BCUT2D eigenvalue weighted by atomic mass is 15.1. The van der Waals surface area contributed by atoms with Gasteiger partial charge in [0.1, 0.15) is 12.4 Å². The van der Waals surface area contributed by atoms with Crippen molar-refractivity contribution in [2.45, 2.75) is 259 Å². The van der Waals surface area contributed by atoms with Crippen LogP contribution >= 0.6 is 0 Å².